The SMILES string of the molecule is O=C(NNS(=O)(=O)/C=C/c1ccc(Cl)cc1)c1cccc(O)c1. The van der Waals surface area contributed by atoms with Gasteiger partial charge in [0.15, 0.2) is 0 Å². The van der Waals surface area contributed by atoms with E-state index >= 15 is 0 Å². The summed E-state index contributed by atoms with van der Waals surface area (Å²) in [6.07, 6.45) is 1.36. The number of benzene rings is 2. The summed E-state index contributed by atoms with van der Waals surface area (Å²) in [6.45, 7) is 0. The highest BCUT2D eigenvalue weighted by Crippen LogP contribution is 2.11. The summed E-state index contributed by atoms with van der Waals surface area (Å²) in [5.74, 6) is -0.785. The van der Waals surface area contributed by atoms with Gasteiger partial charge in [-0.2, -0.15) is 0 Å². The van der Waals surface area contributed by atoms with Gasteiger partial charge in [0.2, 0.25) is 0 Å². The third kappa shape index (κ3) is 5.41. The van der Waals surface area contributed by atoms with Crippen LogP contribution in [-0.4, -0.2) is 19.4 Å². The van der Waals surface area contributed by atoms with Gasteiger partial charge in [-0.15, -0.1) is 4.83 Å². The maximum atomic E-state index is 11.8. The van der Waals surface area contributed by atoms with Crippen molar-refractivity contribution in [2.24, 2.45) is 0 Å². The van der Waals surface area contributed by atoms with Gasteiger partial charge < -0.3 is 5.11 Å². The van der Waals surface area contributed by atoms with Crippen LogP contribution >= 0.6 is 11.6 Å². The van der Waals surface area contributed by atoms with Crippen molar-refractivity contribution in [1.29, 1.82) is 0 Å². The number of amides is 1. The second kappa shape index (κ2) is 7.28. The first-order valence-electron chi connectivity index (χ1n) is 6.40. The molecular formula is C15H13ClN2O4S. The molecule has 0 unspecified atom stereocenters. The lowest BCUT2D eigenvalue weighted by molar-refractivity contribution is 0.0945. The standard InChI is InChI=1S/C15H13ClN2O4S/c16-13-6-4-11(5-7-13)8-9-23(21,22)18-17-15(20)12-2-1-3-14(19)10-12/h1-10,18-19H,(H,17,20)/b9-8+. The van der Waals surface area contributed by atoms with Gasteiger partial charge in [-0.05, 0) is 42.0 Å². The van der Waals surface area contributed by atoms with E-state index in [1.807, 2.05) is 4.83 Å². The van der Waals surface area contributed by atoms with Gasteiger partial charge in [-0.25, -0.2) is 8.42 Å². The molecule has 1 amide bonds. The van der Waals surface area contributed by atoms with Crippen molar-refractivity contribution in [1.82, 2.24) is 10.3 Å². The van der Waals surface area contributed by atoms with Crippen molar-refractivity contribution < 1.29 is 18.3 Å². The molecule has 23 heavy (non-hydrogen) atoms. The first-order chi connectivity index (χ1) is 10.9. The minimum Gasteiger partial charge on any atom is -0.508 e. The summed E-state index contributed by atoms with van der Waals surface area (Å²) >= 11 is 5.74. The van der Waals surface area contributed by atoms with Gasteiger partial charge >= 0.3 is 0 Å². The Kier molecular flexibility index (Phi) is 5.38. The fourth-order valence-corrected chi connectivity index (χ4v) is 2.38. The fraction of sp³-hybridized carbons (Fsp3) is 0. The van der Waals surface area contributed by atoms with Crippen LogP contribution in [0, 0.1) is 0 Å². The van der Waals surface area contributed by atoms with E-state index in [1.165, 1.54) is 30.3 Å². The first-order valence-corrected chi connectivity index (χ1v) is 8.33. The third-order valence-corrected chi connectivity index (χ3v) is 3.86. The monoisotopic (exact) mass is 352 g/mol. The van der Waals surface area contributed by atoms with E-state index in [1.54, 1.807) is 24.3 Å². The molecule has 0 spiro atoms. The number of halogens is 1. The van der Waals surface area contributed by atoms with Crippen LogP contribution in [0.3, 0.4) is 0 Å². The Labute approximate surface area is 138 Å². The number of sulfonamides is 1. The van der Waals surface area contributed by atoms with Crippen molar-refractivity contribution >= 4 is 33.6 Å². The summed E-state index contributed by atoms with van der Waals surface area (Å²) < 4.78 is 23.6. The van der Waals surface area contributed by atoms with E-state index in [0.29, 0.717) is 10.6 Å². The molecule has 0 radical (unpaired) electrons. The highest BCUT2D eigenvalue weighted by atomic mass is 35.5. The molecule has 6 nitrogen and oxygen atoms in total. The average Bonchev–Trinajstić information content (AvgIpc) is 2.52. The van der Waals surface area contributed by atoms with Crippen LogP contribution in [0.4, 0.5) is 0 Å². The van der Waals surface area contributed by atoms with E-state index in [4.69, 9.17) is 11.6 Å². The number of phenols is 1. The molecule has 2 rings (SSSR count). The van der Waals surface area contributed by atoms with Gasteiger partial charge in [0, 0.05) is 16.0 Å². The lowest BCUT2D eigenvalue weighted by Crippen LogP contribution is -2.40. The Hall–Kier alpha value is -2.35. The van der Waals surface area contributed by atoms with Crippen LogP contribution < -0.4 is 10.3 Å². The van der Waals surface area contributed by atoms with Gasteiger partial charge in [0.25, 0.3) is 15.9 Å². The predicted molar refractivity (Wildman–Crippen MR) is 88.1 cm³/mol. The van der Waals surface area contributed by atoms with Crippen molar-refractivity contribution in [2.45, 2.75) is 0 Å². The predicted octanol–water partition coefficient (Wildman–Crippen LogP) is 2.28. The fourth-order valence-electron chi connectivity index (χ4n) is 1.61. The Morgan fingerprint density at radius 1 is 1.13 bits per heavy atom. The maximum absolute atomic E-state index is 11.8. The smallest absolute Gasteiger partial charge is 0.266 e. The largest absolute Gasteiger partial charge is 0.508 e. The zero-order valence-corrected chi connectivity index (χ0v) is 13.3. The number of nitrogens with one attached hydrogen (secondary N) is 2. The summed E-state index contributed by atoms with van der Waals surface area (Å²) in [5.41, 5.74) is 2.81. The molecule has 0 aliphatic rings. The molecule has 3 N–H and O–H groups in total. The topological polar surface area (TPSA) is 95.5 Å². The highest BCUT2D eigenvalue weighted by molar-refractivity contribution is 7.92. The molecule has 0 saturated carbocycles. The first kappa shape index (κ1) is 17.0. The highest BCUT2D eigenvalue weighted by Gasteiger charge is 2.10. The molecule has 0 atom stereocenters. The van der Waals surface area contributed by atoms with Crippen LogP contribution in [0.1, 0.15) is 15.9 Å². The second-order valence-corrected chi connectivity index (χ2v) is 6.51. The zero-order valence-electron chi connectivity index (χ0n) is 11.7. The summed E-state index contributed by atoms with van der Waals surface area (Å²) in [4.78, 5) is 13.7. The van der Waals surface area contributed by atoms with Crippen molar-refractivity contribution in [3.8, 4) is 5.75 Å². The van der Waals surface area contributed by atoms with E-state index < -0.39 is 15.9 Å². The number of rotatable bonds is 5. The number of carbonyl (C=O) groups excluding carboxylic acids is 1. The molecule has 8 heteroatoms. The molecule has 2 aromatic carbocycles. The molecule has 0 aromatic heterocycles. The van der Waals surface area contributed by atoms with E-state index in [2.05, 4.69) is 5.43 Å². The molecule has 0 bridgehead atoms. The summed E-state index contributed by atoms with van der Waals surface area (Å²) in [7, 11) is -3.86. The van der Waals surface area contributed by atoms with Gasteiger partial charge in [0.1, 0.15) is 5.75 Å². The zero-order chi connectivity index (χ0) is 16.9. The Bertz CT molecular complexity index is 833. The van der Waals surface area contributed by atoms with Gasteiger partial charge in [-0.3, -0.25) is 10.2 Å². The number of phenolic OH excluding ortho intramolecular Hbond substituents is 1. The number of carbonyl (C=O) groups is 1. The number of hydrogen-bond donors (Lipinski definition) is 3. The van der Waals surface area contributed by atoms with Crippen LogP contribution in [0.15, 0.2) is 53.9 Å². The molecule has 0 aliphatic carbocycles. The minimum absolute atomic E-state index is 0.0943. The number of aromatic hydroxyl groups is 1. The van der Waals surface area contributed by atoms with Crippen LogP contribution in [-0.2, 0) is 10.0 Å². The molecule has 0 heterocycles. The molecule has 0 fully saturated rings. The minimum atomic E-state index is -3.86. The van der Waals surface area contributed by atoms with E-state index in [0.717, 1.165) is 5.41 Å². The van der Waals surface area contributed by atoms with Crippen LogP contribution in [0.5, 0.6) is 5.75 Å². The Morgan fingerprint density at radius 3 is 2.48 bits per heavy atom. The van der Waals surface area contributed by atoms with Crippen molar-refractivity contribution in [3.05, 3.63) is 70.1 Å². The van der Waals surface area contributed by atoms with Crippen molar-refractivity contribution in [3.63, 3.8) is 0 Å². The normalized spacial score (nSPS) is 11.5. The average molecular weight is 353 g/mol. The maximum Gasteiger partial charge on any atom is 0.266 e. The number of hydrogen-bond acceptors (Lipinski definition) is 4. The quantitative estimate of drug-likeness (QED) is 0.719. The van der Waals surface area contributed by atoms with E-state index in [-0.39, 0.29) is 11.3 Å². The molecule has 0 saturated heterocycles. The van der Waals surface area contributed by atoms with Crippen molar-refractivity contribution in [2.75, 3.05) is 0 Å². The third-order valence-electron chi connectivity index (χ3n) is 2.72. The summed E-state index contributed by atoms with van der Waals surface area (Å²) in [6, 6.07) is 12.1. The lowest BCUT2D eigenvalue weighted by atomic mass is 10.2. The van der Waals surface area contributed by atoms with Gasteiger partial charge in [-0.1, -0.05) is 29.8 Å². The Balaban J connectivity index is 1.98. The Morgan fingerprint density at radius 2 is 1.83 bits per heavy atom. The molecule has 2 aromatic rings. The van der Waals surface area contributed by atoms with Crippen LogP contribution in [0.25, 0.3) is 6.08 Å². The molecular weight excluding hydrogens is 340 g/mol. The second-order valence-electron chi connectivity index (χ2n) is 4.51. The van der Waals surface area contributed by atoms with E-state index in [9.17, 15) is 18.3 Å². The lowest BCUT2D eigenvalue weighted by Gasteiger charge is -2.06. The number of hydrazine groups is 1. The summed E-state index contributed by atoms with van der Waals surface area (Å²) in [5, 5.41) is 10.7. The van der Waals surface area contributed by atoms with Gasteiger partial charge in [0.05, 0.1) is 0 Å². The van der Waals surface area contributed by atoms with Crippen LogP contribution in [0.2, 0.25) is 5.02 Å². The molecule has 0 aliphatic heterocycles. The molecule has 120 valence electrons.